The molecule has 0 amide bonds. The van der Waals surface area contributed by atoms with Gasteiger partial charge in [0, 0.05) is 0 Å². The summed E-state index contributed by atoms with van der Waals surface area (Å²) < 4.78 is 4.40. The Hall–Kier alpha value is -0.0600. The van der Waals surface area contributed by atoms with Crippen molar-refractivity contribution in [3.8, 4) is 0 Å². The SMILES string of the molecule is CCC(CC)(C(=O)[O-])C(=O)OC.[Na+]. The van der Waals surface area contributed by atoms with Crippen LogP contribution in [0.1, 0.15) is 26.7 Å². The predicted octanol–water partition coefficient (Wildman–Crippen LogP) is -3.28. The van der Waals surface area contributed by atoms with E-state index in [2.05, 4.69) is 4.74 Å². The molecule has 0 saturated heterocycles. The maximum absolute atomic E-state index is 11.1. The van der Waals surface area contributed by atoms with Gasteiger partial charge in [-0.1, -0.05) is 13.8 Å². The molecular formula is C8H13NaO4. The molecule has 0 aromatic heterocycles. The summed E-state index contributed by atoms with van der Waals surface area (Å²) in [5, 5.41) is 10.7. The first-order valence-electron chi connectivity index (χ1n) is 3.85. The van der Waals surface area contributed by atoms with Crippen LogP contribution in [0.3, 0.4) is 0 Å². The number of carbonyl (C=O) groups is 2. The van der Waals surface area contributed by atoms with Gasteiger partial charge in [-0.15, -0.1) is 0 Å². The van der Waals surface area contributed by atoms with Crippen molar-refractivity contribution in [1.82, 2.24) is 0 Å². The molecule has 0 aliphatic carbocycles. The van der Waals surface area contributed by atoms with Gasteiger partial charge in [-0.25, -0.2) is 0 Å². The second-order valence-electron chi connectivity index (χ2n) is 2.57. The molecule has 0 aliphatic rings. The van der Waals surface area contributed by atoms with E-state index in [1.165, 1.54) is 7.11 Å². The van der Waals surface area contributed by atoms with Crippen LogP contribution in [0.15, 0.2) is 0 Å². The molecule has 0 aliphatic heterocycles. The monoisotopic (exact) mass is 196 g/mol. The maximum Gasteiger partial charge on any atom is 1.00 e. The van der Waals surface area contributed by atoms with Gasteiger partial charge in [0.2, 0.25) is 0 Å². The summed E-state index contributed by atoms with van der Waals surface area (Å²) in [6, 6.07) is 0. The molecule has 0 aromatic rings. The topological polar surface area (TPSA) is 66.4 Å². The number of carbonyl (C=O) groups excluding carboxylic acids is 2. The second kappa shape index (κ2) is 6.40. The van der Waals surface area contributed by atoms with Crippen molar-refractivity contribution < 1.29 is 49.0 Å². The van der Waals surface area contributed by atoms with E-state index in [4.69, 9.17) is 0 Å². The molecule has 13 heavy (non-hydrogen) atoms. The Balaban J connectivity index is 0. The molecule has 0 bridgehead atoms. The van der Waals surface area contributed by atoms with Crippen LogP contribution in [-0.2, 0) is 14.3 Å². The Morgan fingerprint density at radius 1 is 1.31 bits per heavy atom. The smallest absolute Gasteiger partial charge is 0.549 e. The zero-order valence-corrected chi connectivity index (χ0v) is 10.5. The minimum atomic E-state index is -1.46. The Kier molecular flexibility index (Phi) is 7.59. The van der Waals surface area contributed by atoms with Crippen LogP contribution in [0.25, 0.3) is 0 Å². The Morgan fingerprint density at radius 2 is 1.69 bits per heavy atom. The minimum absolute atomic E-state index is 0. The third-order valence-corrected chi connectivity index (χ3v) is 2.17. The van der Waals surface area contributed by atoms with Gasteiger partial charge in [0.05, 0.1) is 13.1 Å². The van der Waals surface area contributed by atoms with Gasteiger partial charge in [-0.2, -0.15) is 0 Å². The molecule has 5 heteroatoms. The Bertz CT molecular complexity index is 187. The van der Waals surface area contributed by atoms with Crippen molar-refractivity contribution in [3.63, 3.8) is 0 Å². The molecular weight excluding hydrogens is 183 g/mol. The van der Waals surface area contributed by atoms with Crippen molar-refractivity contribution in [2.24, 2.45) is 5.41 Å². The molecule has 4 nitrogen and oxygen atoms in total. The average Bonchev–Trinajstić information content (AvgIpc) is 2.06. The van der Waals surface area contributed by atoms with Gasteiger partial charge in [-0.05, 0) is 12.8 Å². The van der Waals surface area contributed by atoms with E-state index in [0.29, 0.717) is 0 Å². The first-order chi connectivity index (χ1) is 5.55. The Morgan fingerprint density at radius 3 is 1.77 bits per heavy atom. The second-order valence-corrected chi connectivity index (χ2v) is 2.57. The molecule has 70 valence electrons. The molecule has 0 atom stereocenters. The number of carboxylic acid groups (broad SMARTS) is 1. The number of ether oxygens (including phenoxy) is 1. The van der Waals surface area contributed by atoms with Crippen molar-refractivity contribution in [2.45, 2.75) is 26.7 Å². The van der Waals surface area contributed by atoms with Crippen molar-refractivity contribution in [3.05, 3.63) is 0 Å². The van der Waals surface area contributed by atoms with Crippen molar-refractivity contribution >= 4 is 11.9 Å². The van der Waals surface area contributed by atoms with E-state index in [-0.39, 0.29) is 42.4 Å². The summed E-state index contributed by atoms with van der Waals surface area (Å²) in [5.41, 5.74) is -1.46. The molecule has 0 heterocycles. The van der Waals surface area contributed by atoms with Crippen molar-refractivity contribution in [1.29, 1.82) is 0 Å². The summed E-state index contributed by atoms with van der Waals surface area (Å²) in [5.74, 6) is -2.09. The standard InChI is InChI=1S/C8H14O4.Na/c1-4-8(5-2,6(9)10)7(11)12-3;/h4-5H2,1-3H3,(H,9,10);/q;+1/p-1. The quantitative estimate of drug-likeness (QED) is 0.269. The number of esters is 1. The molecule has 0 unspecified atom stereocenters. The number of hydrogen-bond donors (Lipinski definition) is 0. The third-order valence-electron chi connectivity index (χ3n) is 2.17. The number of hydrogen-bond acceptors (Lipinski definition) is 4. The van der Waals surface area contributed by atoms with Crippen LogP contribution in [-0.4, -0.2) is 19.0 Å². The largest absolute Gasteiger partial charge is 1.00 e. The summed E-state index contributed by atoms with van der Waals surface area (Å²) in [7, 11) is 1.17. The van der Waals surface area contributed by atoms with Gasteiger partial charge in [0.15, 0.2) is 0 Å². The maximum atomic E-state index is 11.1. The summed E-state index contributed by atoms with van der Waals surface area (Å²) in [6.45, 7) is 3.24. The molecule has 0 aromatic carbocycles. The normalized spacial score (nSPS) is 10.1. The number of aliphatic carboxylic acids is 1. The van der Waals surface area contributed by atoms with Gasteiger partial charge in [0.25, 0.3) is 0 Å². The van der Waals surface area contributed by atoms with Crippen LogP contribution >= 0.6 is 0 Å². The van der Waals surface area contributed by atoms with E-state index < -0.39 is 17.4 Å². The van der Waals surface area contributed by atoms with Gasteiger partial charge < -0.3 is 14.6 Å². The van der Waals surface area contributed by atoms with E-state index >= 15 is 0 Å². The Labute approximate surface area is 99.9 Å². The average molecular weight is 196 g/mol. The number of methoxy groups -OCH3 is 1. The zero-order valence-electron chi connectivity index (χ0n) is 8.55. The third kappa shape index (κ3) is 2.97. The summed E-state index contributed by atoms with van der Waals surface area (Å²) in [6.07, 6.45) is 0.386. The fourth-order valence-electron chi connectivity index (χ4n) is 1.11. The fourth-order valence-corrected chi connectivity index (χ4v) is 1.11. The van der Waals surface area contributed by atoms with E-state index in [0.717, 1.165) is 0 Å². The van der Waals surface area contributed by atoms with Gasteiger partial charge in [-0.3, -0.25) is 4.79 Å². The fraction of sp³-hybridized carbons (Fsp3) is 0.750. The molecule has 0 spiro atoms. The molecule has 0 rings (SSSR count). The number of rotatable bonds is 4. The van der Waals surface area contributed by atoms with E-state index in [1.807, 2.05) is 0 Å². The number of carboxylic acids is 1. The van der Waals surface area contributed by atoms with Gasteiger partial charge in [0.1, 0.15) is 5.41 Å². The molecule has 0 N–H and O–H groups in total. The molecule has 0 fully saturated rings. The first-order valence-corrected chi connectivity index (χ1v) is 3.85. The molecule has 0 radical (unpaired) electrons. The van der Waals surface area contributed by atoms with Gasteiger partial charge >= 0.3 is 35.5 Å². The summed E-state index contributed by atoms with van der Waals surface area (Å²) in [4.78, 5) is 21.8. The molecule has 0 saturated carbocycles. The van der Waals surface area contributed by atoms with Crippen LogP contribution in [0.2, 0.25) is 0 Å². The minimum Gasteiger partial charge on any atom is -0.549 e. The first kappa shape index (κ1) is 15.4. The van der Waals surface area contributed by atoms with E-state index in [1.54, 1.807) is 13.8 Å². The van der Waals surface area contributed by atoms with Crippen LogP contribution in [0, 0.1) is 5.41 Å². The van der Waals surface area contributed by atoms with Crippen molar-refractivity contribution in [2.75, 3.05) is 7.11 Å². The van der Waals surface area contributed by atoms with Crippen LogP contribution < -0.4 is 34.7 Å². The summed E-state index contributed by atoms with van der Waals surface area (Å²) >= 11 is 0. The van der Waals surface area contributed by atoms with Crippen LogP contribution in [0.5, 0.6) is 0 Å². The van der Waals surface area contributed by atoms with E-state index in [9.17, 15) is 14.7 Å². The van der Waals surface area contributed by atoms with Crippen LogP contribution in [0.4, 0.5) is 0 Å². The zero-order chi connectivity index (χ0) is 9.78. The predicted molar refractivity (Wildman–Crippen MR) is 40.0 cm³/mol.